The number of rotatable bonds is 6. The molecule has 0 aliphatic carbocycles. The molecule has 1 aromatic rings. The minimum Gasteiger partial charge on any atom is -0.374 e. The maximum absolute atomic E-state index is 13.4. The van der Waals surface area contributed by atoms with Crippen LogP contribution < -0.4 is 10.6 Å². The highest BCUT2D eigenvalue weighted by Crippen LogP contribution is 2.19. The van der Waals surface area contributed by atoms with Crippen molar-refractivity contribution in [2.24, 2.45) is 0 Å². The molecular weight excluding hydrogens is 255 g/mol. The highest BCUT2D eigenvalue weighted by Gasteiger charge is 2.08. The van der Waals surface area contributed by atoms with Crippen molar-refractivity contribution in [2.45, 2.75) is 32.7 Å². The molecule has 0 saturated heterocycles. The molecule has 0 heterocycles. The lowest BCUT2D eigenvalue weighted by Crippen LogP contribution is -2.36. The molecule has 0 aliphatic heterocycles. The number of amides is 1. The molecule has 1 rings (SSSR count). The summed E-state index contributed by atoms with van der Waals surface area (Å²) in [6.45, 7) is 4.04. The van der Waals surface area contributed by atoms with Gasteiger partial charge in [-0.25, -0.2) is 4.39 Å². The zero-order valence-corrected chi connectivity index (χ0v) is 11.4. The Kier molecular flexibility index (Phi) is 5.92. The quantitative estimate of drug-likeness (QED) is 0.835. The van der Waals surface area contributed by atoms with Gasteiger partial charge in [0.2, 0.25) is 5.91 Å². The summed E-state index contributed by atoms with van der Waals surface area (Å²) in [6, 6.07) is 4.32. The highest BCUT2D eigenvalue weighted by molar-refractivity contribution is 6.30. The van der Waals surface area contributed by atoms with Crippen LogP contribution in [0, 0.1) is 5.82 Å². The van der Waals surface area contributed by atoms with Gasteiger partial charge in [0.05, 0.1) is 12.2 Å². The normalized spacial score (nSPS) is 12.0. The van der Waals surface area contributed by atoms with E-state index in [0.717, 1.165) is 12.8 Å². The predicted octanol–water partition coefficient (Wildman–Crippen LogP) is 3.20. The second kappa shape index (κ2) is 7.21. The Morgan fingerprint density at radius 1 is 1.50 bits per heavy atom. The largest absolute Gasteiger partial charge is 0.374 e. The Bertz CT molecular complexity index is 412. The molecule has 5 heteroatoms. The van der Waals surface area contributed by atoms with E-state index in [1.54, 1.807) is 0 Å². The van der Waals surface area contributed by atoms with Crippen LogP contribution in [-0.2, 0) is 4.79 Å². The lowest BCUT2D eigenvalue weighted by Gasteiger charge is -2.13. The Morgan fingerprint density at radius 2 is 2.22 bits per heavy atom. The van der Waals surface area contributed by atoms with Gasteiger partial charge in [-0.1, -0.05) is 24.9 Å². The van der Waals surface area contributed by atoms with E-state index in [1.165, 1.54) is 18.2 Å². The fourth-order valence-electron chi connectivity index (χ4n) is 1.64. The van der Waals surface area contributed by atoms with E-state index < -0.39 is 5.82 Å². The van der Waals surface area contributed by atoms with Crippen molar-refractivity contribution in [3.8, 4) is 0 Å². The van der Waals surface area contributed by atoms with E-state index >= 15 is 0 Å². The monoisotopic (exact) mass is 272 g/mol. The first kappa shape index (κ1) is 14.8. The van der Waals surface area contributed by atoms with E-state index in [4.69, 9.17) is 11.6 Å². The van der Waals surface area contributed by atoms with Crippen molar-refractivity contribution in [3.05, 3.63) is 29.0 Å². The Morgan fingerprint density at radius 3 is 2.89 bits per heavy atom. The molecule has 1 aromatic carbocycles. The summed E-state index contributed by atoms with van der Waals surface area (Å²) in [7, 11) is 0. The average Bonchev–Trinajstić information content (AvgIpc) is 2.30. The third kappa shape index (κ3) is 4.92. The van der Waals surface area contributed by atoms with E-state index in [9.17, 15) is 9.18 Å². The summed E-state index contributed by atoms with van der Waals surface area (Å²) in [5, 5.41) is 5.99. The van der Waals surface area contributed by atoms with Gasteiger partial charge in [-0.15, -0.1) is 0 Å². The van der Waals surface area contributed by atoms with Crippen molar-refractivity contribution in [1.82, 2.24) is 5.32 Å². The third-order valence-corrected chi connectivity index (χ3v) is 2.73. The van der Waals surface area contributed by atoms with Crippen LogP contribution in [0.15, 0.2) is 18.2 Å². The summed E-state index contributed by atoms with van der Waals surface area (Å²) >= 11 is 5.75. The predicted molar refractivity (Wildman–Crippen MR) is 72.4 cm³/mol. The molecule has 1 amide bonds. The van der Waals surface area contributed by atoms with Gasteiger partial charge in [-0.05, 0) is 31.5 Å². The van der Waals surface area contributed by atoms with Crippen molar-refractivity contribution in [3.63, 3.8) is 0 Å². The van der Waals surface area contributed by atoms with Crippen molar-refractivity contribution < 1.29 is 9.18 Å². The van der Waals surface area contributed by atoms with Crippen LogP contribution in [0.2, 0.25) is 5.02 Å². The van der Waals surface area contributed by atoms with Crippen LogP contribution in [0.3, 0.4) is 0 Å². The van der Waals surface area contributed by atoms with Crippen molar-refractivity contribution in [2.75, 3.05) is 11.9 Å². The van der Waals surface area contributed by atoms with Gasteiger partial charge in [0, 0.05) is 11.1 Å². The Hall–Kier alpha value is -1.29. The SMILES string of the molecule is CCCC(C)NC(=O)CNc1cc(Cl)ccc1F. The summed E-state index contributed by atoms with van der Waals surface area (Å²) in [5.74, 6) is -0.580. The molecule has 0 saturated carbocycles. The summed E-state index contributed by atoms with van der Waals surface area (Å²) in [6.07, 6.45) is 1.94. The van der Waals surface area contributed by atoms with E-state index in [-0.39, 0.29) is 24.2 Å². The number of halogens is 2. The highest BCUT2D eigenvalue weighted by atomic mass is 35.5. The molecule has 100 valence electrons. The molecule has 0 bridgehead atoms. The lowest BCUT2D eigenvalue weighted by molar-refractivity contribution is -0.120. The molecule has 0 aromatic heterocycles. The molecule has 0 radical (unpaired) electrons. The van der Waals surface area contributed by atoms with E-state index in [1.807, 2.05) is 6.92 Å². The maximum atomic E-state index is 13.4. The first-order valence-electron chi connectivity index (χ1n) is 6.01. The number of hydrogen-bond donors (Lipinski definition) is 2. The van der Waals surface area contributed by atoms with Gasteiger partial charge in [-0.2, -0.15) is 0 Å². The lowest BCUT2D eigenvalue weighted by atomic mass is 10.2. The van der Waals surface area contributed by atoms with Gasteiger partial charge in [-0.3, -0.25) is 4.79 Å². The fraction of sp³-hybridized carbons (Fsp3) is 0.462. The second-order valence-electron chi connectivity index (χ2n) is 4.23. The van der Waals surface area contributed by atoms with Crippen LogP contribution in [0.4, 0.5) is 10.1 Å². The second-order valence-corrected chi connectivity index (χ2v) is 4.67. The minimum absolute atomic E-state index is 0.0331. The molecule has 18 heavy (non-hydrogen) atoms. The number of benzene rings is 1. The average molecular weight is 273 g/mol. The van der Waals surface area contributed by atoms with E-state index in [2.05, 4.69) is 17.6 Å². The van der Waals surface area contributed by atoms with Crippen molar-refractivity contribution >= 4 is 23.2 Å². The molecule has 3 nitrogen and oxygen atoms in total. The summed E-state index contributed by atoms with van der Waals surface area (Å²) < 4.78 is 13.4. The Labute approximate surface area is 112 Å². The summed E-state index contributed by atoms with van der Waals surface area (Å²) in [4.78, 5) is 11.6. The van der Waals surface area contributed by atoms with Crippen LogP contribution in [0.1, 0.15) is 26.7 Å². The molecule has 0 aliphatic rings. The Balaban J connectivity index is 2.45. The topological polar surface area (TPSA) is 41.1 Å². The standard InChI is InChI=1S/C13H18ClFN2O/c1-3-4-9(2)17-13(18)8-16-12-7-10(14)5-6-11(12)15/h5-7,9,16H,3-4,8H2,1-2H3,(H,17,18). The molecule has 1 atom stereocenters. The first-order chi connectivity index (χ1) is 8.52. The van der Waals surface area contributed by atoms with Crippen molar-refractivity contribution in [1.29, 1.82) is 0 Å². The molecule has 0 spiro atoms. The smallest absolute Gasteiger partial charge is 0.239 e. The summed E-state index contributed by atoms with van der Waals surface area (Å²) in [5.41, 5.74) is 0.237. The first-order valence-corrected chi connectivity index (χ1v) is 6.39. The zero-order valence-electron chi connectivity index (χ0n) is 10.6. The fourth-order valence-corrected chi connectivity index (χ4v) is 1.81. The number of hydrogen-bond acceptors (Lipinski definition) is 2. The third-order valence-electron chi connectivity index (χ3n) is 2.50. The number of anilines is 1. The van der Waals surface area contributed by atoms with Crippen LogP contribution in [-0.4, -0.2) is 18.5 Å². The van der Waals surface area contributed by atoms with Gasteiger partial charge < -0.3 is 10.6 Å². The molecule has 2 N–H and O–H groups in total. The van der Waals surface area contributed by atoms with Gasteiger partial charge in [0.1, 0.15) is 5.82 Å². The number of nitrogens with one attached hydrogen (secondary N) is 2. The number of carbonyl (C=O) groups is 1. The van der Waals surface area contributed by atoms with Crippen LogP contribution >= 0.6 is 11.6 Å². The van der Waals surface area contributed by atoms with Gasteiger partial charge in [0.15, 0.2) is 0 Å². The molecule has 0 fully saturated rings. The zero-order chi connectivity index (χ0) is 13.5. The van der Waals surface area contributed by atoms with Crippen LogP contribution in [0.5, 0.6) is 0 Å². The van der Waals surface area contributed by atoms with Crippen LogP contribution in [0.25, 0.3) is 0 Å². The molecule has 1 unspecified atom stereocenters. The maximum Gasteiger partial charge on any atom is 0.239 e. The van der Waals surface area contributed by atoms with Gasteiger partial charge >= 0.3 is 0 Å². The number of carbonyl (C=O) groups excluding carboxylic acids is 1. The van der Waals surface area contributed by atoms with E-state index in [0.29, 0.717) is 5.02 Å². The van der Waals surface area contributed by atoms with Gasteiger partial charge in [0.25, 0.3) is 0 Å². The molecular formula is C13H18ClFN2O. The minimum atomic E-state index is -0.422.